The van der Waals surface area contributed by atoms with Crippen molar-refractivity contribution in [1.29, 1.82) is 0 Å². The average molecular weight is 303 g/mol. The minimum Gasteiger partial charge on any atom is -0.377 e. The number of aryl methyl sites for hydroxylation is 2. The Morgan fingerprint density at radius 1 is 1.55 bits per heavy atom. The number of aromatic amines is 1. The molecule has 22 heavy (non-hydrogen) atoms. The number of carbonyl (C=O) groups excluding carboxylic acids is 1. The lowest BCUT2D eigenvalue weighted by atomic mass is 10.1. The van der Waals surface area contributed by atoms with Crippen molar-refractivity contribution in [3.63, 3.8) is 0 Å². The van der Waals surface area contributed by atoms with Crippen LogP contribution in [0, 0.1) is 6.92 Å². The molecule has 3 rings (SSSR count). The highest BCUT2D eigenvalue weighted by Crippen LogP contribution is 2.23. The number of rotatable bonds is 5. The Hall–Kier alpha value is -2.15. The quantitative estimate of drug-likeness (QED) is 0.903. The van der Waals surface area contributed by atoms with E-state index in [0.29, 0.717) is 26.2 Å². The van der Waals surface area contributed by atoms with E-state index in [-0.39, 0.29) is 11.9 Å². The van der Waals surface area contributed by atoms with Crippen molar-refractivity contribution in [3.8, 4) is 0 Å². The molecule has 0 bridgehead atoms. The van der Waals surface area contributed by atoms with Crippen LogP contribution in [-0.2, 0) is 16.1 Å². The molecule has 1 atom stereocenters. The van der Waals surface area contributed by atoms with E-state index in [2.05, 4.69) is 15.0 Å². The Labute approximate surface area is 129 Å². The fourth-order valence-corrected chi connectivity index (χ4v) is 2.71. The van der Waals surface area contributed by atoms with Crippen LogP contribution in [0.15, 0.2) is 24.9 Å². The van der Waals surface area contributed by atoms with E-state index in [1.54, 1.807) is 18.7 Å². The molecule has 1 saturated heterocycles. The first kappa shape index (κ1) is 14.8. The van der Waals surface area contributed by atoms with Crippen molar-refractivity contribution in [2.45, 2.75) is 32.4 Å². The molecule has 1 aliphatic heterocycles. The molecule has 0 aliphatic carbocycles. The first-order valence-electron chi connectivity index (χ1n) is 7.58. The maximum atomic E-state index is 12.5. The molecule has 3 heterocycles. The molecule has 1 fully saturated rings. The lowest BCUT2D eigenvalue weighted by molar-refractivity contribution is -0.140. The van der Waals surface area contributed by atoms with Crippen LogP contribution in [0.2, 0.25) is 0 Å². The van der Waals surface area contributed by atoms with Crippen LogP contribution >= 0.6 is 0 Å². The fourth-order valence-electron chi connectivity index (χ4n) is 2.71. The number of aromatic nitrogens is 4. The number of nitrogens with one attached hydrogen (secondary N) is 1. The molecule has 2 aromatic heterocycles. The summed E-state index contributed by atoms with van der Waals surface area (Å²) < 4.78 is 7.51. The molecule has 7 nitrogen and oxygen atoms in total. The molecule has 118 valence electrons. The Balaban J connectivity index is 1.59. The molecule has 0 radical (unpaired) electrons. The van der Waals surface area contributed by atoms with Crippen molar-refractivity contribution in [1.82, 2.24) is 24.4 Å². The van der Waals surface area contributed by atoms with Crippen LogP contribution in [0.3, 0.4) is 0 Å². The largest absolute Gasteiger partial charge is 0.377 e. The zero-order chi connectivity index (χ0) is 15.4. The van der Waals surface area contributed by atoms with Gasteiger partial charge < -0.3 is 19.2 Å². The van der Waals surface area contributed by atoms with Gasteiger partial charge in [0.2, 0.25) is 5.91 Å². The molecule has 0 unspecified atom stereocenters. The summed E-state index contributed by atoms with van der Waals surface area (Å²) in [4.78, 5) is 26.0. The molecular formula is C15H21N5O2. The van der Waals surface area contributed by atoms with Crippen molar-refractivity contribution < 1.29 is 9.53 Å². The third-order valence-electron chi connectivity index (χ3n) is 3.85. The van der Waals surface area contributed by atoms with E-state index < -0.39 is 0 Å². The van der Waals surface area contributed by atoms with E-state index in [0.717, 1.165) is 24.5 Å². The third kappa shape index (κ3) is 3.36. The molecule has 0 spiro atoms. The molecule has 1 N–H and O–H groups in total. The Morgan fingerprint density at radius 2 is 2.45 bits per heavy atom. The van der Waals surface area contributed by atoms with Crippen LogP contribution in [0.25, 0.3) is 0 Å². The summed E-state index contributed by atoms with van der Waals surface area (Å²) in [6.45, 7) is 4.47. The number of ether oxygens (including phenoxy) is 1. The Morgan fingerprint density at radius 3 is 3.18 bits per heavy atom. The number of nitrogens with zero attached hydrogens (tertiary/aromatic N) is 4. The smallest absolute Gasteiger partial charge is 0.223 e. The second-order valence-electron chi connectivity index (χ2n) is 5.53. The minimum atomic E-state index is -0.108. The summed E-state index contributed by atoms with van der Waals surface area (Å²) in [5.41, 5.74) is 0.994. The topological polar surface area (TPSA) is 76.0 Å². The summed E-state index contributed by atoms with van der Waals surface area (Å²) >= 11 is 0. The second-order valence-corrected chi connectivity index (χ2v) is 5.53. The highest BCUT2D eigenvalue weighted by atomic mass is 16.5. The predicted octanol–water partition coefficient (Wildman–Crippen LogP) is 1.29. The van der Waals surface area contributed by atoms with E-state index in [4.69, 9.17) is 4.74 Å². The predicted molar refractivity (Wildman–Crippen MR) is 80.1 cm³/mol. The van der Waals surface area contributed by atoms with Gasteiger partial charge in [0.05, 0.1) is 19.5 Å². The van der Waals surface area contributed by atoms with Crippen LogP contribution < -0.4 is 0 Å². The van der Waals surface area contributed by atoms with Gasteiger partial charge >= 0.3 is 0 Å². The first-order valence-corrected chi connectivity index (χ1v) is 7.58. The summed E-state index contributed by atoms with van der Waals surface area (Å²) in [5.74, 6) is 0.961. The molecule has 1 amide bonds. The van der Waals surface area contributed by atoms with Crippen LogP contribution in [0.1, 0.15) is 30.4 Å². The Kier molecular flexibility index (Phi) is 4.53. The summed E-state index contributed by atoms with van der Waals surface area (Å²) in [6.07, 6.45) is 8.54. The van der Waals surface area contributed by atoms with Gasteiger partial charge in [-0.05, 0) is 13.3 Å². The molecule has 0 saturated carbocycles. The molecule has 1 aliphatic rings. The van der Waals surface area contributed by atoms with Gasteiger partial charge in [0.15, 0.2) is 0 Å². The lowest BCUT2D eigenvalue weighted by Crippen LogP contribution is -2.43. The van der Waals surface area contributed by atoms with E-state index in [9.17, 15) is 4.79 Å². The van der Waals surface area contributed by atoms with Gasteiger partial charge in [-0.2, -0.15) is 0 Å². The van der Waals surface area contributed by atoms with Gasteiger partial charge in [-0.15, -0.1) is 0 Å². The van der Waals surface area contributed by atoms with Gasteiger partial charge in [-0.25, -0.2) is 9.97 Å². The van der Waals surface area contributed by atoms with Crippen LogP contribution in [0.4, 0.5) is 0 Å². The molecule has 7 heteroatoms. The standard InChI is InChI=1S/C15H21N5O2/c1-12-9-17-15(18-12)13-10-22-8-7-20(13)14(21)3-2-5-19-6-4-16-11-19/h4,6,9,11,13H,2-3,5,7-8,10H2,1H3,(H,17,18)/t13-/m1/s1. The van der Waals surface area contributed by atoms with E-state index in [1.807, 2.05) is 22.6 Å². The molecule has 0 aromatic carbocycles. The Bertz CT molecular complexity index is 607. The lowest BCUT2D eigenvalue weighted by Gasteiger charge is -2.34. The van der Waals surface area contributed by atoms with Gasteiger partial charge in [0.1, 0.15) is 11.9 Å². The minimum absolute atomic E-state index is 0.108. The average Bonchev–Trinajstić information content (AvgIpc) is 3.19. The van der Waals surface area contributed by atoms with Gasteiger partial charge in [-0.3, -0.25) is 4.79 Å². The third-order valence-corrected chi connectivity index (χ3v) is 3.85. The second kappa shape index (κ2) is 6.74. The van der Waals surface area contributed by atoms with E-state index >= 15 is 0 Å². The highest BCUT2D eigenvalue weighted by Gasteiger charge is 2.30. The zero-order valence-electron chi connectivity index (χ0n) is 12.7. The van der Waals surface area contributed by atoms with Gasteiger partial charge in [0.25, 0.3) is 0 Å². The first-order chi connectivity index (χ1) is 10.7. The molecule has 2 aromatic rings. The summed E-state index contributed by atoms with van der Waals surface area (Å²) in [6, 6.07) is -0.108. The van der Waals surface area contributed by atoms with E-state index in [1.165, 1.54) is 0 Å². The normalized spacial score (nSPS) is 18.6. The zero-order valence-corrected chi connectivity index (χ0v) is 12.7. The summed E-state index contributed by atoms with van der Waals surface area (Å²) in [5, 5.41) is 0. The SMILES string of the molecule is Cc1cnc([C@H]2COCCN2C(=O)CCCn2ccnc2)[nH]1. The summed E-state index contributed by atoms with van der Waals surface area (Å²) in [7, 11) is 0. The maximum absolute atomic E-state index is 12.5. The van der Waals surface area contributed by atoms with Crippen molar-refractivity contribution in [2.75, 3.05) is 19.8 Å². The number of imidazole rings is 2. The van der Waals surface area contributed by atoms with Crippen molar-refractivity contribution in [2.24, 2.45) is 0 Å². The van der Waals surface area contributed by atoms with Gasteiger partial charge in [0, 0.05) is 43.8 Å². The van der Waals surface area contributed by atoms with Crippen LogP contribution in [0.5, 0.6) is 0 Å². The highest BCUT2D eigenvalue weighted by molar-refractivity contribution is 5.76. The number of morpholine rings is 1. The van der Waals surface area contributed by atoms with Crippen LogP contribution in [-0.4, -0.2) is 50.1 Å². The number of carbonyl (C=O) groups is 1. The van der Waals surface area contributed by atoms with Gasteiger partial charge in [-0.1, -0.05) is 0 Å². The molecular weight excluding hydrogens is 282 g/mol. The number of amides is 1. The fraction of sp³-hybridized carbons (Fsp3) is 0.533. The number of hydrogen-bond acceptors (Lipinski definition) is 4. The van der Waals surface area contributed by atoms with Crippen molar-refractivity contribution >= 4 is 5.91 Å². The number of H-pyrrole nitrogens is 1. The van der Waals surface area contributed by atoms with Crippen molar-refractivity contribution in [3.05, 3.63) is 36.4 Å². The number of hydrogen-bond donors (Lipinski definition) is 1. The monoisotopic (exact) mass is 303 g/mol. The maximum Gasteiger partial charge on any atom is 0.223 e.